The molecular weight excluding hydrogens is 234 g/mol. The number of benzene rings is 2. The molecule has 2 aromatic rings. The zero-order valence-corrected chi connectivity index (χ0v) is 11.8. The lowest BCUT2D eigenvalue weighted by Gasteiger charge is -2.14. The van der Waals surface area contributed by atoms with Gasteiger partial charge in [0.15, 0.2) is 0 Å². The molecule has 2 aromatic carbocycles. The van der Waals surface area contributed by atoms with Crippen molar-refractivity contribution in [2.24, 2.45) is 0 Å². The van der Waals surface area contributed by atoms with Crippen LogP contribution in [-0.2, 0) is 6.42 Å². The molecule has 2 nitrogen and oxygen atoms in total. The third-order valence-electron chi connectivity index (χ3n) is 3.17. The van der Waals surface area contributed by atoms with Crippen molar-refractivity contribution in [3.05, 3.63) is 54.6 Å². The van der Waals surface area contributed by atoms with E-state index in [1.54, 1.807) is 0 Å². The number of ether oxygens (including phenoxy) is 1. The Morgan fingerprint density at radius 1 is 1.16 bits per heavy atom. The number of nitrogens with one attached hydrogen (secondary N) is 1. The minimum absolute atomic E-state index is 0.737. The number of hydrogen-bond donors (Lipinski definition) is 1. The lowest BCUT2D eigenvalue weighted by Crippen LogP contribution is -3.06. The Kier molecular flexibility index (Phi) is 4.58. The maximum atomic E-state index is 6.05. The van der Waals surface area contributed by atoms with Crippen LogP contribution < -0.4 is 9.64 Å². The molecule has 0 aliphatic rings. The Bertz CT molecular complexity index is 560. The molecule has 0 unspecified atom stereocenters. The molecule has 0 saturated carbocycles. The first kappa shape index (κ1) is 13.6. The summed E-state index contributed by atoms with van der Waals surface area (Å²) in [4.78, 5) is 1.39. The summed E-state index contributed by atoms with van der Waals surface area (Å²) < 4.78 is 6.05. The van der Waals surface area contributed by atoms with Crippen molar-refractivity contribution < 1.29 is 9.64 Å². The Balaban J connectivity index is 2.34. The molecule has 0 fully saturated rings. The minimum atomic E-state index is 0.737. The van der Waals surface area contributed by atoms with E-state index in [9.17, 15) is 0 Å². The maximum Gasteiger partial charge on any atom is 0.137 e. The summed E-state index contributed by atoms with van der Waals surface area (Å²) in [5, 5.41) is 2.41. The first-order valence-electron chi connectivity index (χ1n) is 6.75. The van der Waals surface area contributed by atoms with E-state index in [0.717, 1.165) is 25.3 Å². The molecule has 0 amide bonds. The van der Waals surface area contributed by atoms with Crippen LogP contribution in [0.25, 0.3) is 10.8 Å². The number of rotatable bonds is 6. The van der Waals surface area contributed by atoms with Gasteiger partial charge in [-0.1, -0.05) is 42.5 Å². The Labute approximate surface area is 115 Å². The van der Waals surface area contributed by atoms with Crippen molar-refractivity contribution in [3.8, 4) is 5.75 Å². The highest BCUT2D eigenvalue weighted by atomic mass is 16.5. The second kappa shape index (κ2) is 6.39. The van der Waals surface area contributed by atoms with Gasteiger partial charge in [0, 0.05) is 5.39 Å². The van der Waals surface area contributed by atoms with E-state index >= 15 is 0 Å². The van der Waals surface area contributed by atoms with Gasteiger partial charge in [-0.15, -0.1) is 6.58 Å². The SMILES string of the molecule is C=CCc1ccc2ccccc2c1OCC[NH+](C)C. The van der Waals surface area contributed by atoms with Crippen molar-refractivity contribution in [3.63, 3.8) is 0 Å². The summed E-state index contributed by atoms with van der Waals surface area (Å²) in [7, 11) is 4.27. The van der Waals surface area contributed by atoms with Gasteiger partial charge in [-0.2, -0.15) is 0 Å². The van der Waals surface area contributed by atoms with E-state index in [2.05, 4.69) is 57.1 Å². The maximum absolute atomic E-state index is 6.05. The van der Waals surface area contributed by atoms with E-state index in [0.29, 0.717) is 0 Å². The average molecular weight is 256 g/mol. The molecule has 19 heavy (non-hydrogen) atoms. The standard InChI is InChI=1S/C17H21NO/c1-4-7-15-11-10-14-8-5-6-9-16(14)17(15)19-13-12-18(2)3/h4-6,8-11H,1,7,12-13H2,2-3H3/p+1. The third kappa shape index (κ3) is 3.36. The van der Waals surface area contributed by atoms with Gasteiger partial charge in [-0.3, -0.25) is 0 Å². The molecule has 0 spiro atoms. The normalized spacial score (nSPS) is 10.9. The molecule has 1 N–H and O–H groups in total. The van der Waals surface area contributed by atoms with E-state index in [1.165, 1.54) is 21.2 Å². The first-order chi connectivity index (χ1) is 9.22. The topological polar surface area (TPSA) is 13.7 Å². The zero-order chi connectivity index (χ0) is 13.7. The lowest BCUT2D eigenvalue weighted by atomic mass is 10.0. The number of allylic oxidation sites excluding steroid dienone is 1. The summed E-state index contributed by atoms with van der Waals surface area (Å²) in [5.74, 6) is 1.01. The molecular formula is C17H22NO+. The second-order valence-electron chi connectivity index (χ2n) is 5.07. The number of likely N-dealkylation sites (N-methyl/N-ethyl adjacent to an activating group) is 1. The van der Waals surface area contributed by atoms with E-state index in [-0.39, 0.29) is 0 Å². The van der Waals surface area contributed by atoms with Crippen LogP contribution in [0.1, 0.15) is 5.56 Å². The molecule has 0 bridgehead atoms. The monoisotopic (exact) mass is 256 g/mol. The predicted octanol–water partition coefficient (Wildman–Crippen LogP) is 2.09. The smallest absolute Gasteiger partial charge is 0.137 e. The van der Waals surface area contributed by atoms with Gasteiger partial charge in [0.1, 0.15) is 18.9 Å². The Morgan fingerprint density at radius 3 is 2.68 bits per heavy atom. The summed E-state index contributed by atoms with van der Waals surface area (Å²) in [5.41, 5.74) is 1.21. The Morgan fingerprint density at radius 2 is 1.95 bits per heavy atom. The van der Waals surface area contributed by atoms with Crippen molar-refractivity contribution in [2.45, 2.75) is 6.42 Å². The number of fused-ring (bicyclic) bond motifs is 1. The van der Waals surface area contributed by atoms with Crippen LogP contribution in [0.5, 0.6) is 5.75 Å². The highest BCUT2D eigenvalue weighted by Gasteiger charge is 2.08. The molecule has 0 saturated heterocycles. The van der Waals surface area contributed by atoms with Crippen LogP contribution in [0, 0.1) is 0 Å². The highest BCUT2D eigenvalue weighted by Crippen LogP contribution is 2.30. The van der Waals surface area contributed by atoms with Crippen LogP contribution in [-0.4, -0.2) is 27.2 Å². The van der Waals surface area contributed by atoms with Crippen molar-refractivity contribution in [1.82, 2.24) is 0 Å². The number of hydrogen-bond acceptors (Lipinski definition) is 1. The first-order valence-corrected chi connectivity index (χ1v) is 6.75. The fourth-order valence-corrected chi connectivity index (χ4v) is 2.13. The fraction of sp³-hybridized carbons (Fsp3) is 0.294. The highest BCUT2D eigenvalue weighted by molar-refractivity contribution is 5.89. The van der Waals surface area contributed by atoms with Gasteiger partial charge in [-0.05, 0) is 17.4 Å². The molecule has 2 rings (SSSR count). The van der Waals surface area contributed by atoms with Gasteiger partial charge < -0.3 is 9.64 Å². The quantitative estimate of drug-likeness (QED) is 0.781. The largest absolute Gasteiger partial charge is 0.487 e. The van der Waals surface area contributed by atoms with Gasteiger partial charge in [0.25, 0.3) is 0 Å². The molecule has 0 heterocycles. The van der Waals surface area contributed by atoms with Crippen molar-refractivity contribution in [1.29, 1.82) is 0 Å². The van der Waals surface area contributed by atoms with Crippen LogP contribution in [0.3, 0.4) is 0 Å². The zero-order valence-electron chi connectivity index (χ0n) is 11.8. The summed E-state index contributed by atoms with van der Waals surface area (Å²) >= 11 is 0. The molecule has 0 atom stereocenters. The van der Waals surface area contributed by atoms with Crippen LogP contribution in [0.4, 0.5) is 0 Å². The van der Waals surface area contributed by atoms with Crippen molar-refractivity contribution >= 4 is 10.8 Å². The van der Waals surface area contributed by atoms with Crippen LogP contribution >= 0.6 is 0 Å². The molecule has 0 aromatic heterocycles. The Hall–Kier alpha value is -1.80. The summed E-state index contributed by atoms with van der Waals surface area (Å²) in [6.07, 6.45) is 2.77. The van der Waals surface area contributed by atoms with Gasteiger partial charge >= 0.3 is 0 Å². The van der Waals surface area contributed by atoms with Crippen LogP contribution in [0.2, 0.25) is 0 Å². The van der Waals surface area contributed by atoms with E-state index in [4.69, 9.17) is 4.74 Å². The third-order valence-corrected chi connectivity index (χ3v) is 3.17. The number of quaternary nitrogens is 1. The van der Waals surface area contributed by atoms with E-state index < -0.39 is 0 Å². The minimum Gasteiger partial charge on any atom is -0.487 e. The summed E-state index contributed by atoms with van der Waals surface area (Å²) in [6.45, 7) is 5.56. The fourth-order valence-electron chi connectivity index (χ4n) is 2.13. The second-order valence-corrected chi connectivity index (χ2v) is 5.07. The van der Waals surface area contributed by atoms with Gasteiger partial charge in [-0.25, -0.2) is 0 Å². The van der Waals surface area contributed by atoms with Gasteiger partial charge in [0.05, 0.1) is 14.1 Å². The molecule has 0 aliphatic heterocycles. The summed E-state index contributed by atoms with van der Waals surface area (Å²) in [6, 6.07) is 12.7. The van der Waals surface area contributed by atoms with Crippen molar-refractivity contribution in [2.75, 3.05) is 27.2 Å². The van der Waals surface area contributed by atoms with E-state index in [1.807, 2.05) is 6.08 Å². The average Bonchev–Trinajstić information content (AvgIpc) is 2.40. The molecule has 2 heteroatoms. The molecule has 0 radical (unpaired) electrons. The predicted molar refractivity (Wildman–Crippen MR) is 81.0 cm³/mol. The molecule has 0 aliphatic carbocycles. The van der Waals surface area contributed by atoms with Crippen LogP contribution in [0.15, 0.2) is 49.1 Å². The lowest BCUT2D eigenvalue weighted by molar-refractivity contribution is -0.858. The van der Waals surface area contributed by atoms with Gasteiger partial charge in [0.2, 0.25) is 0 Å². The molecule has 100 valence electrons.